The van der Waals surface area contributed by atoms with Crippen molar-refractivity contribution < 1.29 is 13.5 Å². The molecule has 0 amide bonds. The molecule has 6 nitrogen and oxygen atoms in total. The van der Waals surface area contributed by atoms with Crippen LogP contribution in [-0.4, -0.2) is 30.9 Å². The van der Waals surface area contributed by atoms with Crippen LogP contribution in [0.15, 0.2) is 56.0 Å². The quantitative estimate of drug-likeness (QED) is 0.725. The Morgan fingerprint density at radius 3 is 2.36 bits per heavy atom. The predicted octanol–water partition coefficient (Wildman–Crippen LogP) is 4.66. The second-order valence-electron chi connectivity index (χ2n) is 5.92. The molecule has 0 aromatic heterocycles. The lowest BCUT2D eigenvalue weighted by Crippen LogP contribution is -2.27. The van der Waals surface area contributed by atoms with Crippen molar-refractivity contribution in [1.82, 2.24) is 4.31 Å². The Labute approximate surface area is 155 Å². The SMILES string of the molecule is Cc1cc(Br)c(O)c(N=Nc2ccc(S(=O)(=O)N3CCCC3)cc2)c1. The third kappa shape index (κ3) is 3.91. The zero-order valence-corrected chi connectivity index (χ0v) is 16.1. The van der Waals surface area contributed by atoms with E-state index in [0.717, 1.165) is 18.4 Å². The second kappa shape index (κ2) is 7.23. The number of benzene rings is 2. The molecule has 1 N–H and O–H groups in total. The molecule has 0 atom stereocenters. The summed E-state index contributed by atoms with van der Waals surface area (Å²) in [6.45, 7) is 3.04. The van der Waals surface area contributed by atoms with Crippen LogP contribution in [0.2, 0.25) is 0 Å². The monoisotopic (exact) mass is 423 g/mol. The van der Waals surface area contributed by atoms with Gasteiger partial charge in [0, 0.05) is 13.1 Å². The number of phenols is 1. The van der Waals surface area contributed by atoms with Gasteiger partial charge >= 0.3 is 0 Å². The maximum absolute atomic E-state index is 12.5. The van der Waals surface area contributed by atoms with Gasteiger partial charge in [-0.15, -0.1) is 5.11 Å². The first-order valence-electron chi connectivity index (χ1n) is 7.89. The highest BCUT2D eigenvalue weighted by Gasteiger charge is 2.26. The molecule has 0 radical (unpaired) electrons. The summed E-state index contributed by atoms with van der Waals surface area (Å²) in [5.41, 5.74) is 1.80. The Balaban J connectivity index is 1.81. The molecule has 132 valence electrons. The number of hydrogen-bond donors (Lipinski definition) is 1. The molecule has 8 heteroatoms. The Bertz CT molecular complexity index is 905. The van der Waals surface area contributed by atoms with Gasteiger partial charge in [-0.2, -0.15) is 9.42 Å². The summed E-state index contributed by atoms with van der Waals surface area (Å²) in [5, 5.41) is 18.1. The van der Waals surface area contributed by atoms with Crippen LogP contribution in [0.3, 0.4) is 0 Å². The van der Waals surface area contributed by atoms with Crippen LogP contribution in [0.5, 0.6) is 5.75 Å². The maximum atomic E-state index is 12.5. The molecule has 2 aromatic carbocycles. The van der Waals surface area contributed by atoms with Crippen molar-refractivity contribution in [2.45, 2.75) is 24.7 Å². The summed E-state index contributed by atoms with van der Waals surface area (Å²) in [5.74, 6) is 0.0163. The average Bonchev–Trinajstić information content (AvgIpc) is 3.12. The van der Waals surface area contributed by atoms with E-state index in [0.29, 0.717) is 28.9 Å². The minimum absolute atomic E-state index is 0.0163. The van der Waals surface area contributed by atoms with Gasteiger partial charge in [0.25, 0.3) is 0 Å². The zero-order valence-electron chi connectivity index (χ0n) is 13.7. The molecule has 0 unspecified atom stereocenters. The van der Waals surface area contributed by atoms with E-state index in [4.69, 9.17) is 0 Å². The van der Waals surface area contributed by atoms with E-state index in [1.165, 1.54) is 16.4 Å². The third-order valence-electron chi connectivity index (χ3n) is 4.00. The summed E-state index contributed by atoms with van der Waals surface area (Å²) in [6.07, 6.45) is 1.81. The van der Waals surface area contributed by atoms with Gasteiger partial charge in [-0.25, -0.2) is 8.42 Å². The number of halogens is 1. The van der Waals surface area contributed by atoms with Crippen molar-refractivity contribution in [3.8, 4) is 5.75 Å². The number of nitrogens with zero attached hydrogens (tertiary/aromatic N) is 3. The molecule has 1 fully saturated rings. The molecule has 3 rings (SSSR count). The number of azo groups is 1. The van der Waals surface area contributed by atoms with Crippen LogP contribution < -0.4 is 0 Å². The van der Waals surface area contributed by atoms with Crippen LogP contribution in [0.4, 0.5) is 11.4 Å². The smallest absolute Gasteiger partial charge is 0.243 e. The van der Waals surface area contributed by atoms with Crippen molar-refractivity contribution in [3.63, 3.8) is 0 Å². The number of aryl methyl sites for hydroxylation is 1. The number of hydrogen-bond acceptors (Lipinski definition) is 5. The van der Waals surface area contributed by atoms with Gasteiger partial charge in [0.05, 0.1) is 15.1 Å². The molecule has 0 spiro atoms. The predicted molar refractivity (Wildman–Crippen MR) is 99.2 cm³/mol. The van der Waals surface area contributed by atoms with E-state index in [2.05, 4.69) is 26.2 Å². The van der Waals surface area contributed by atoms with E-state index in [9.17, 15) is 13.5 Å². The van der Waals surface area contributed by atoms with Gasteiger partial charge in [0.15, 0.2) is 5.75 Å². The van der Waals surface area contributed by atoms with Gasteiger partial charge < -0.3 is 5.11 Å². The molecule has 1 aliphatic heterocycles. The molecule has 25 heavy (non-hydrogen) atoms. The average molecular weight is 424 g/mol. The number of rotatable bonds is 4. The number of sulfonamides is 1. The highest BCUT2D eigenvalue weighted by atomic mass is 79.9. The van der Waals surface area contributed by atoms with Gasteiger partial charge in [0.2, 0.25) is 10.0 Å². The van der Waals surface area contributed by atoms with Crippen molar-refractivity contribution >= 4 is 37.3 Å². The third-order valence-corrected chi connectivity index (χ3v) is 6.52. The molecule has 0 saturated carbocycles. The molecule has 1 saturated heterocycles. The normalized spacial score (nSPS) is 15.9. The number of aromatic hydroxyl groups is 1. The van der Waals surface area contributed by atoms with Crippen LogP contribution in [-0.2, 0) is 10.0 Å². The fourth-order valence-electron chi connectivity index (χ4n) is 2.67. The van der Waals surface area contributed by atoms with Gasteiger partial charge in [-0.3, -0.25) is 0 Å². The molecular formula is C17H18BrN3O3S. The highest BCUT2D eigenvalue weighted by molar-refractivity contribution is 9.10. The van der Waals surface area contributed by atoms with Crippen LogP contribution in [0.1, 0.15) is 18.4 Å². The molecular weight excluding hydrogens is 406 g/mol. The molecule has 0 aliphatic carbocycles. The van der Waals surface area contributed by atoms with Crippen molar-refractivity contribution in [2.24, 2.45) is 10.2 Å². The topological polar surface area (TPSA) is 82.3 Å². The molecule has 2 aromatic rings. The Hall–Kier alpha value is -1.77. The van der Waals surface area contributed by atoms with E-state index >= 15 is 0 Å². The number of phenolic OH excluding ortho intramolecular Hbond substituents is 1. The van der Waals surface area contributed by atoms with Gasteiger partial charge in [-0.05, 0) is 77.7 Å². The summed E-state index contributed by atoms with van der Waals surface area (Å²) in [7, 11) is -3.43. The molecule has 1 aliphatic rings. The van der Waals surface area contributed by atoms with E-state index in [1.807, 2.05) is 6.92 Å². The van der Waals surface area contributed by atoms with E-state index in [-0.39, 0.29) is 10.6 Å². The first kappa shape index (κ1) is 18.0. The standard InChI is InChI=1S/C17H18BrN3O3S/c1-12-10-15(18)17(22)16(11-12)20-19-13-4-6-14(7-5-13)25(23,24)21-8-2-3-9-21/h4-7,10-11,22H,2-3,8-9H2,1H3. The fourth-order valence-corrected chi connectivity index (χ4v) is 4.75. The minimum atomic E-state index is -3.43. The summed E-state index contributed by atoms with van der Waals surface area (Å²) < 4.78 is 27.0. The lowest BCUT2D eigenvalue weighted by atomic mass is 10.2. The second-order valence-corrected chi connectivity index (χ2v) is 8.71. The molecule has 0 bridgehead atoms. The molecule has 1 heterocycles. The van der Waals surface area contributed by atoms with Crippen molar-refractivity contribution in [2.75, 3.05) is 13.1 Å². The van der Waals surface area contributed by atoms with Gasteiger partial charge in [0.1, 0.15) is 5.69 Å². The summed E-state index contributed by atoms with van der Waals surface area (Å²) >= 11 is 3.26. The summed E-state index contributed by atoms with van der Waals surface area (Å²) in [4.78, 5) is 0.259. The minimum Gasteiger partial charge on any atom is -0.505 e. The van der Waals surface area contributed by atoms with Crippen molar-refractivity contribution in [1.29, 1.82) is 0 Å². The van der Waals surface area contributed by atoms with E-state index < -0.39 is 10.0 Å². The Kier molecular flexibility index (Phi) is 5.21. The first-order chi connectivity index (χ1) is 11.9. The fraction of sp³-hybridized carbons (Fsp3) is 0.294. The van der Waals surface area contributed by atoms with Crippen molar-refractivity contribution in [3.05, 3.63) is 46.4 Å². The zero-order chi connectivity index (χ0) is 18.0. The van der Waals surface area contributed by atoms with Gasteiger partial charge in [-0.1, -0.05) is 0 Å². The first-order valence-corrected chi connectivity index (χ1v) is 10.1. The highest BCUT2D eigenvalue weighted by Crippen LogP contribution is 2.36. The van der Waals surface area contributed by atoms with Crippen LogP contribution in [0, 0.1) is 6.92 Å². The lowest BCUT2D eigenvalue weighted by Gasteiger charge is -2.15. The maximum Gasteiger partial charge on any atom is 0.243 e. The van der Waals surface area contributed by atoms with Crippen LogP contribution in [0.25, 0.3) is 0 Å². The largest absolute Gasteiger partial charge is 0.505 e. The Morgan fingerprint density at radius 2 is 1.72 bits per heavy atom. The Morgan fingerprint density at radius 1 is 1.08 bits per heavy atom. The van der Waals surface area contributed by atoms with E-state index in [1.54, 1.807) is 24.3 Å². The lowest BCUT2D eigenvalue weighted by molar-refractivity contribution is 0.473. The summed E-state index contributed by atoms with van der Waals surface area (Å²) in [6, 6.07) is 9.78. The van der Waals surface area contributed by atoms with Crippen LogP contribution >= 0.6 is 15.9 Å².